The molecule has 166 valence electrons. The van der Waals surface area contributed by atoms with Gasteiger partial charge in [0.15, 0.2) is 0 Å². The lowest BCUT2D eigenvalue weighted by Gasteiger charge is -2.13. The number of aryl methyl sites for hydroxylation is 3. The highest BCUT2D eigenvalue weighted by Gasteiger charge is 2.17. The van der Waals surface area contributed by atoms with Crippen LogP contribution in [0.3, 0.4) is 0 Å². The maximum absolute atomic E-state index is 12.1. The second-order valence-electron chi connectivity index (χ2n) is 7.26. The molecule has 0 atom stereocenters. The van der Waals surface area contributed by atoms with Crippen molar-refractivity contribution in [1.82, 2.24) is 14.5 Å². The number of carbonyl (C=O) groups excluding carboxylic acids is 2. The van der Waals surface area contributed by atoms with Gasteiger partial charge in [-0.2, -0.15) is 5.10 Å². The fourth-order valence-electron chi connectivity index (χ4n) is 3.46. The van der Waals surface area contributed by atoms with E-state index < -0.39 is 11.9 Å². The van der Waals surface area contributed by atoms with E-state index >= 15 is 0 Å². The van der Waals surface area contributed by atoms with E-state index in [4.69, 9.17) is 9.47 Å². The molecule has 3 rings (SSSR count). The van der Waals surface area contributed by atoms with Crippen LogP contribution < -0.4 is 5.43 Å². The summed E-state index contributed by atoms with van der Waals surface area (Å²) in [5.74, 6) is -0.668. The van der Waals surface area contributed by atoms with Crippen LogP contribution in [0.1, 0.15) is 49.1 Å². The van der Waals surface area contributed by atoms with Gasteiger partial charge in [-0.05, 0) is 58.0 Å². The van der Waals surface area contributed by atoms with Crippen LogP contribution in [0.2, 0.25) is 0 Å². The lowest BCUT2D eigenvalue weighted by molar-refractivity contribution is 0.0599. The number of nitrogens with one attached hydrogen (secondary N) is 1. The molecule has 3 aromatic rings. The van der Waals surface area contributed by atoms with Gasteiger partial charge in [0.2, 0.25) is 5.95 Å². The van der Waals surface area contributed by atoms with E-state index in [1.807, 2.05) is 44.4 Å². The van der Waals surface area contributed by atoms with E-state index in [1.165, 1.54) is 20.3 Å². The largest absolute Gasteiger partial charge is 0.465 e. The van der Waals surface area contributed by atoms with Gasteiger partial charge in [0.05, 0.1) is 31.6 Å². The molecule has 1 aromatic carbocycles. The molecule has 1 N–H and O–H groups in total. The minimum absolute atomic E-state index is 0.252. The second kappa shape index (κ2) is 9.42. The molecule has 2 aromatic heterocycles. The first-order valence-electron chi connectivity index (χ1n) is 9.86. The summed E-state index contributed by atoms with van der Waals surface area (Å²) in [6, 6.07) is 8.62. The van der Waals surface area contributed by atoms with E-state index in [0.717, 1.165) is 28.3 Å². The Morgan fingerprint density at radius 2 is 1.47 bits per heavy atom. The number of anilines is 1. The zero-order valence-electron chi connectivity index (χ0n) is 18.9. The Labute approximate surface area is 186 Å². The highest BCUT2D eigenvalue weighted by molar-refractivity contribution is 5.96. The SMILES string of the molecule is COC(=O)c1cc(C(=O)OC)cc(-n2c(C)cc(/C=N/Nc3nc(C)cc(C)n3)c2C)c1. The molecule has 0 aliphatic carbocycles. The predicted octanol–water partition coefficient (Wildman–Crippen LogP) is 3.52. The Kier molecular flexibility index (Phi) is 6.67. The van der Waals surface area contributed by atoms with E-state index in [0.29, 0.717) is 11.6 Å². The smallest absolute Gasteiger partial charge is 0.337 e. The molecule has 0 aliphatic heterocycles. The van der Waals surface area contributed by atoms with Gasteiger partial charge in [-0.15, -0.1) is 0 Å². The van der Waals surface area contributed by atoms with Crippen molar-refractivity contribution >= 4 is 24.1 Å². The summed E-state index contributed by atoms with van der Waals surface area (Å²) in [7, 11) is 2.58. The molecule has 0 aliphatic rings. The fourth-order valence-corrected chi connectivity index (χ4v) is 3.46. The molecule has 9 nitrogen and oxygen atoms in total. The van der Waals surface area contributed by atoms with E-state index in [2.05, 4.69) is 20.5 Å². The Balaban J connectivity index is 1.98. The highest BCUT2D eigenvalue weighted by atomic mass is 16.5. The summed E-state index contributed by atoms with van der Waals surface area (Å²) in [5.41, 5.74) is 8.29. The van der Waals surface area contributed by atoms with Gasteiger partial charge in [-0.1, -0.05) is 0 Å². The van der Waals surface area contributed by atoms with Crippen molar-refractivity contribution in [3.05, 3.63) is 69.8 Å². The topological polar surface area (TPSA) is 108 Å². The van der Waals surface area contributed by atoms with Crippen molar-refractivity contribution < 1.29 is 19.1 Å². The number of nitrogens with zero attached hydrogens (tertiary/aromatic N) is 4. The minimum Gasteiger partial charge on any atom is -0.465 e. The Morgan fingerprint density at radius 1 is 0.906 bits per heavy atom. The molecule has 0 amide bonds. The zero-order valence-corrected chi connectivity index (χ0v) is 18.9. The van der Waals surface area contributed by atoms with Gasteiger partial charge < -0.3 is 14.0 Å². The third-order valence-electron chi connectivity index (χ3n) is 4.84. The Hall–Kier alpha value is -4.01. The molecule has 0 fully saturated rings. The molecule has 0 saturated heterocycles. The van der Waals surface area contributed by atoms with Crippen molar-refractivity contribution in [2.24, 2.45) is 5.10 Å². The van der Waals surface area contributed by atoms with Crippen LogP contribution in [-0.2, 0) is 9.47 Å². The van der Waals surface area contributed by atoms with E-state index in [-0.39, 0.29) is 11.1 Å². The number of hydrogen-bond acceptors (Lipinski definition) is 8. The molecule has 2 heterocycles. The third-order valence-corrected chi connectivity index (χ3v) is 4.84. The number of rotatable bonds is 6. The number of aromatic nitrogens is 3. The number of hydrazone groups is 1. The standard InChI is InChI=1S/C23H25N5O4/c1-13-7-14(2)26-23(25-13)27-24-12-19-8-15(3)28(16(19)4)20-10-17(21(29)31-5)9-18(11-20)22(30)32-6/h7-12H,1-6H3,(H,25,26,27)/b24-12+. The average Bonchev–Trinajstić information content (AvgIpc) is 3.04. The average molecular weight is 435 g/mol. The molecule has 0 unspecified atom stereocenters. The lowest BCUT2D eigenvalue weighted by Crippen LogP contribution is -2.10. The first-order chi connectivity index (χ1) is 15.2. The predicted molar refractivity (Wildman–Crippen MR) is 121 cm³/mol. The Morgan fingerprint density at radius 3 is 2.00 bits per heavy atom. The quantitative estimate of drug-likeness (QED) is 0.358. The van der Waals surface area contributed by atoms with Crippen molar-refractivity contribution in [2.75, 3.05) is 19.6 Å². The van der Waals surface area contributed by atoms with Crippen LogP contribution >= 0.6 is 0 Å². The summed E-state index contributed by atoms with van der Waals surface area (Å²) in [5, 5.41) is 4.26. The van der Waals surface area contributed by atoms with E-state index in [9.17, 15) is 9.59 Å². The van der Waals surface area contributed by atoms with Gasteiger partial charge >= 0.3 is 11.9 Å². The van der Waals surface area contributed by atoms with E-state index in [1.54, 1.807) is 18.3 Å². The number of hydrogen-bond donors (Lipinski definition) is 1. The Bertz CT molecular complexity index is 1160. The number of esters is 2. The molecule has 0 saturated carbocycles. The summed E-state index contributed by atoms with van der Waals surface area (Å²) in [6.07, 6.45) is 1.67. The van der Waals surface area contributed by atoms with Crippen LogP contribution in [-0.4, -0.2) is 46.9 Å². The van der Waals surface area contributed by atoms with Crippen molar-refractivity contribution in [1.29, 1.82) is 0 Å². The first kappa shape index (κ1) is 22.7. The molecule has 32 heavy (non-hydrogen) atoms. The molecule has 0 bridgehead atoms. The van der Waals surface area contributed by atoms with Crippen molar-refractivity contribution in [3.63, 3.8) is 0 Å². The summed E-state index contributed by atoms with van der Waals surface area (Å²) >= 11 is 0. The number of carbonyl (C=O) groups is 2. The van der Waals surface area contributed by atoms with Crippen molar-refractivity contribution in [2.45, 2.75) is 27.7 Å². The molecule has 9 heteroatoms. The minimum atomic E-state index is -0.543. The number of ether oxygens (including phenoxy) is 2. The van der Waals surface area contributed by atoms with Gasteiger partial charge in [0.25, 0.3) is 0 Å². The first-order valence-corrected chi connectivity index (χ1v) is 9.86. The summed E-state index contributed by atoms with van der Waals surface area (Å²) in [6.45, 7) is 7.63. The zero-order chi connectivity index (χ0) is 23.4. The van der Waals surface area contributed by atoms with Crippen LogP contribution in [0, 0.1) is 27.7 Å². The van der Waals surface area contributed by atoms with Crippen LogP contribution in [0.15, 0.2) is 35.4 Å². The summed E-state index contributed by atoms with van der Waals surface area (Å²) in [4.78, 5) is 32.9. The lowest BCUT2D eigenvalue weighted by atomic mass is 10.1. The van der Waals surface area contributed by atoms with Gasteiger partial charge in [-0.3, -0.25) is 0 Å². The monoisotopic (exact) mass is 435 g/mol. The second-order valence-corrected chi connectivity index (χ2v) is 7.26. The maximum Gasteiger partial charge on any atom is 0.337 e. The molecule has 0 spiro atoms. The third kappa shape index (κ3) is 4.83. The number of methoxy groups -OCH3 is 2. The fraction of sp³-hybridized carbons (Fsp3) is 0.261. The molecular formula is C23H25N5O4. The number of benzene rings is 1. The molecular weight excluding hydrogens is 410 g/mol. The van der Waals surface area contributed by atoms with Gasteiger partial charge in [-0.25, -0.2) is 25.0 Å². The summed E-state index contributed by atoms with van der Waals surface area (Å²) < 4.78 is 11.6. The van der Waals surface area contributed by atoms with Gasteiger partial charge in [0, 0.05) is 34.0 Å². The maximum atomic E-state index is 12.1. The highest BCUT2D eigenvalue weighted by Crippen LogP contribution is 2.23. The van der Waals surface area contributed by atoms with Crippen molar-refractivity contribution in [3.8, 4) is 5.69 Å². The molecule has 0 radical (unpaired) electrons. The van der Waals surface area contributed by atoms with Crippen LogP contribution in [0.25, 0.3) is 5.69 Å². The normalized spacial score (nSPS) is 10.9. The van der Waals surface area contributed by atoms with Crippen LogP contribution in [0.4, 0.5) is 5.95 Å². The van der Waals surface area contributed by atoms with Crippen LogP contribution in [0.5, 0.6) is 0 Å². The van der Waals surface area contributed by atoms with Gasteiger partial charge in [0.1, 0.15) is 0 Å².